The van der Waals surface area contributed by atoms with Crippen LogP contribution in [-0.2, 0) is 0 Å². The third kappa shape index (κ3) is 3.94. The van der Waals surface area contributed by atoms with Crippen LogP contribution in [0.1, 0.15) is 34.1 Å². The quantitative estimate of drug-likeness (QED) is 0.800. The average Bonchev–Trinajstić information content (AvgIpc) is 2.30. The largest absolute Gasteiger partial charge is 0.311 e. The third-order valence-corrected chi connectivity index (χ3v) is 4.91. The van der Waals surface area contributed by atoms with E-state index < -0.39 is 0 Å². The topological polar surface area (TPSA) is 15.3 Å². The van der Waals surface area contributed by atoms with Crippen LogP contribution >= 0.6 is 11.8 Å². The molecule has 1 aliphatic rings. The maximum Gasteiger partial charge on any atom is 0.0221 e. The van der Waals surface area contributed by atoms with Crippen LogP contribution in [0, 0.1) is 5.92 Å². The Morgan fingerprint density at radius 2 is 2.12 bits per heavy atom. The molecule has 0 aromatic heterocycles. The van der Waals surface area contributed by atoms with Gasteiger partial charge in [-0.25, -0.2) is 0 Å². The fourth-order valence-electron chi connectivity index (χ4n) is 2.27. The molecule has 16 heavy (non-hydrogen) atoms. The van der Waals surface area contributed by atoms with Gasteiger partial charge in [-0.3, -0.25) is 4.90 Å². The molecule has 0 saturated carbocycles. The van der Waals surface area contributed by atoms with E-state index in [0.717, 1.165) is 17.7 Å². The maximum absolute atomic E-state index is 3.69. The maximum atomic E-state index is 3.69. The summed E-state index contributed by atoms with van der Waals surface area (Å²) in [5, 5.41) is 4.44. The van der Waals surface area contributed by atoms with Crippen LogP contribution in [0.15, 0.2) is 0 Å². The first-order valence-electron chi connectivity index (χ1n) is 6.58. The summed E-state index contributed by atoms with van der Waals surface area (Å²) in [6.45, 7) is 12.9. The summed E-state index contributed by atoms with van der Waals surface area (Å²) in [5.74, 6) is 0.791. The molecule has 96 valence electrons. The third-order valence-electron chi connectivity index (χ3n) is 3.95. The zero-order chi connectivity index (χ0) is 12.1. The van der Waals surface area contributed by atoms with Gasteiger partial charge in [0.25, 0.3) is 0 Å². The SMILES string of the molecule is CCC(C)C1CN(CC(C)SC)C(C)CN1. The van der Waals surface area contributed by atoms with Crippen molar-refractivity contribution in [2.24, 2.45) is 5.92 Å². The Morgan fingerprint density at radius 3 is 2.69 bits per heavy atom. The minimum atomic E-state index is 0.690. The number of piperazine rings is 1. The summed E-state index contributed by atoms with van der Waals surface area (Å²) >= 11 is 1.97. The molecule has 2 nitrogen and oxygen atoms in total. The van der Waals surface area contributed by atoms with Crippen molar-refractivity contribution in [3.8, 4) is 0 Å². The minimum Gasteiger partial charge on any atom is -0.311 e. The van der Waals surface area contributed by atoms with Gasteiger partial charge in [-0.15, -0.1) is 0 Å². The first-order valence-corrected chi connectivity index (χ1v) is 7.87. The summed E-state index contributed by atoms with van der Waals surface area (Å²) < 4.78 is 0. The van der Waals surface area contributed by atoms with E-state index in [1.54, 1.807) is 0 Å². The Hall–Kier alpha value is 0.270. The van der Waals surface area contributed by atoms with Gasteiger partial charge in [0.15, 0.2) is 0 Å². The van der Waals surface area contributed by atoms with Crippen LogP contribution < -0.4 is 5.32 Å². The molecule has 0 aromatic carbocycles. The van der Waals surface area contributed by atoms with E-state index in [1.807, 2.05) is 11.8 Å². The molecule has 0 amide bonds. The smallest absolute Gasteiger partial charge is 0.0221 e. The van der Waals surface area contributed by atoms with Crippen LogP contribution in [0.25, 0.3) is 0 Å². The highest BCUT2D eigenvalue weighted by Crippen LogP contribution is 2.17. The van der Waals surface area contributed by atoms with Gasteiger partial charge in [-0.2, -0.15) is 11.8 Å². The van der Waals surface area contributed by atoms with E-state index in [9.17, 15) is 0 Å². The zero-order valence-electron chi connectivity index (χ0n) is 11.5. The lowest BCUT2D eigenvalue weighted by atomic mass is 9.95. The van der Waals surface area contributed by atoms with Gasteiger partial charge in [-0.1, -0.05) is 27.2 Å². The van der Waals surface area contributed by atoms with Crippen molar-refractivity contribution in [3.63, 3.8) is 0 Å². The van der Waals surface area contributed by atoms with E-state index in [2.05, 4.69) is 44.2 Å². The Bertz CT molecular complexity index is 198. The molecule has 1 aliphatic heterocycles. The Labute approximate surface area is 106 Å². The van der Waals surface area contributed by atoms with Crippen molar-refractivity contribution < 1.29 is 0 Å². The van der Waals surface area contributed by atoms with Crippen LogP contribution in [0.3, 0.4) is 0 Å². The molecule has 0 aliphatic carbocycles. The van der Waals surface area contributed by atoms with Gasteiger partial charge in [0.05, 0.1) is 0 Å². The number of hydrogen-bond donors (Lipinski definition) is 1. The summed E-state index contributed by atoms with van der Waals surface area (Å²) in [5.41, 5.74) is 0. The number of nitrogens with zero attached hydrogens (tertiary/aromatic N) is 1. The normalized spacial score (nSPS) is 31.3. The van der Waals surface area contributed by atoms with Crippen molar-refractivity contribution in [2.45, 2.75) is 51.4 Å². The molecular weight excluding hydrogens is 216 g/mol. The highest BCUT2D eigenvalue weighted by Gasteiger charge is 2.28. The summed E-state index contributed by atoms with van der Waals surface area (Å²) in [4.78, 5) is 2.66. The summed E-state index contributed by atoms with van der Waals surface area (Å²) in [6.07, 6.45) is 3.49. The van der Waals surface area contributed by atoms with E-state index in [1.165, 1.54) is 19.5 Å². The van der Waals surface area contributed by atoms with Crippen LogP contribution in [0.5, 0.6) is 0 Å². The lowest BCUT2D eigenvalue weighted by Gasteiger charge is -2.41. The van der Waals surface area contributed by atoms with Gasteiger partial charge in [0.2, 0.25) is 0 Å². The van der Waals surface area contributed by atoms with Crippen molar-refractivity contribution in [3.05, 3.63) is 0 Å². The van der Waals surface area contributed by atoms with E-state index in [0.29, 0.717) is 12.1 Å². The predicted octanol–water partition coefficient (Wildman–Crippen LogP) is 2.45. The molecule has 0 radical (unpaired) electrons. The van der Waals surface area contributed by atoms with Crippen molar-refractivity contribution in [2.75, 3.05) is 25.9 Å². The van der Waals surface area contributed by atoms with Gasteiger partial charge in [0, 0.05) is 37.0 Å². The lowest BCUT2D eigenvalue weighted by molar-refractivity contribution is 0.120. The number of hydrogen-bond acceptors (Lipinski definition) is 3. The fourth-order valence-corrected chi connectivity index (χ4v) is 2.61. The molecule has 0 bridgehead atoms. The second kappa shape index (κ2) is 6.87. The highest BCUT2D eigenvalue weighted by atomic mass is 32.2. The van der Waals surface area contributed by atoms with Crippen LogP contribution in [0.2, 0.25) is 0 Å². The first kappa shape index (κ1) is 14.3. The van der Waals surface area contributed by atoms with E-state index >= 15 is 0 Å². The van der Waals surface area contributed by atoms with Crippen molar-refractivity contribution >= 4 is 11.8 Å². The molecule has 1 N–H and O–H groups in total. The highest BCUT2D eigenvalue weighted by molar-refractivity contribution is 7.99. The molecule has 0 spiro atoms. The number of thioether (sulfide) groups is 1. The second-order valence-corrected chi connectivity index (χ2v) is 6.53. The molecule has 1 saturated heterocycles. The Kier molecular flexibility index (Phi) is 6.16. The Balaban J connectivity index is 2.48. The minimum absolute atomic E-state index is 0.690. The predicted molar refractivity (Wildman–Crippen MR) is 75.3 cm³/mol. The van der Waals surface area contributed by atoms with Gasteiger partial charge < -0.3 is 5.32 Å². The van der Waals surface area contributed by atoms with E-state index in [-0.39, 0.29) is 0 Å². The molecule has 1 heterocycles. The fraction of sp³-hybridized carbons (Fsp3) is 1.00. The summed E-state index contributed by atoms with van der Waals surface area (Å²) in [6, 6.07) is 1.38. The molecule has 1 fully saturated rings. The molecule has 3 heteroatoms. The molecule has 4 atom stereocenters. The number of nitrogens with one attached hydrogen (secondary N) is 1. The molecule has 1 rings (SSSR count). The molecular formula is C13H28N2S. The summed E-state index contributed by atoms with van der Waals surface area (Å²) in [7, 11) is 0. The molecule has 4 unspecified atom stereocenters. The lowest BCUT2D eigenvalue weighted by Crippen LogP contribution is -2.58. The van der Waals surface area contributed by atoms with Crippen LogP contribution in [0.4, 0.5) is 0 Å². The van der Waals surface area contributed by atoms with Gasteiger partial charge in [-0.05, 0) is 19.1 Å². The number of rotatable bonds is 5. The first-order chi connectivity index (χ1) is 7.58. The second-order valence-electron chi connectivity index (χ2n) is 5.25. The monoisotopic (exact) mass is 244 g/mol. The molecule has 0 aromatic rings. The van der Waals surface area contributed by atoms with Crippen LogP contribution in [-0.4, -0.2) is 48.1 Å². The van der Waals surface area contributed by atoms with Gasteiger partial charge >= 0.3 is 0 Å². The van der Waals surface area contributed by atoms with Crippen molar-refractivity contribution in [1.29, 1.82) is 0 Å². The van der Waals surface area contributed by atoms with Gasteiger partial charge in [0.1, 0.15) is 0 Å². The zero-order valence-corrected chi connectivity index (χ0v) is 12.3. The van der Waals surface area contributed by atoms with E-state index in [4.69, 9.17) is 0 Å². The standard InChI is InChI=1S/C13H28N2S/c1-6-10(2)13-9-15(8-12(4)16-5)11(3)7-14-13/h10-14H,6-9H2,1-5H3. The Morgan fingerprint density at radius 1 is 1.44 bits per heavy atom. The average molecular weight is 244 g/mol. The van der Waals surface area contributed by atoms with Crippen molar-refractivity contribution in [1.82, 2.24) is 10.2 Å².